The first-order valence-electron chi connectivity index (χ1n) is 11.2. The molecule has 0 N–H and O–H groups in total. The molecule has 1 atom stereocenters. The molecular formula is C24H25FN8O. The fourth-order valence-electron chi connectivity index (χ4n) is 4.03. The summed E-state index contributed by atoms with van der Waals surface area (Å²) in [6.45, 7) is 3.57. The van der Waals surface area contributed by atoms with Gasteiger partial charge < -0.3 is 19.4 Å². The van der Waals surface area contributed by atoms with Crippen molar-refractivity contribution in [2.75, 3.05) is 61.1 Å². The largest absolute Gasteiger partial charge is 0.382 e. The van der Waals surface area contributed by atoms with Crippen LogP contribution in [0, 0.1) is 11.8 Å². The van der Waals surface area contributed by atoms with Crippen LogP contribution in [-0.4, -0.2) is 83.6 Å². The van der Waals surface area contributed by atoms with Crippen LogP contribution in [0.2, 0.25) is 0 Å². The number of halogens is 1. The number of alkyl halides is 1. The van der Waals surface area contributed by atoms with E-state index in [2.05, 4.69) is 46.6 Å². The van der Waals surface area contributed by atoms with Crippen LogP contribution >= 0.6 is 0 Å². The summed E-state index contributed by atoms with van der Waals surface area (Å²) in [6, 6.07) is 5.66. The van der Waals surface area contributed by atoms with E-state index < -0.39 is 6.17 Å². The molecule has 10 heteroatoms. The van der Waals surface area contributed by atoms with Crippen molar-refractivity contribution >= 4 is 17.7 Å². The molecule has 174 valence electrons. The highest BCUT2D eigenvalue weighted by Crippen LogP contribution is 2.21. The monoisotopic (exact) mass is 460 g/mol. The maximum atomic E-state index is 13.0. The van der Waals surface area contributed by atoms with Crippen LogP contribution < -0.4 is 14.7 Å². The highest BCUT2D eigenvalue weighted by atomic mass is 19.1. The topological polar surface area (TPSA) is 83.4 Å². The molecule has 2 aliphatic rings. The number of piperazine rings is 1. The molecule has 0 spiro atoms. The van der Waals surface area contributed by atoms with E-state index in [1.165, 1.54) is 0 Å². The van der Waals surface area contributed by atoms with Crippen LogP contribution in [-0.2, 0) is 4.74 Å². The van der Waals surface area contributed by atoms with E-state index in [4.69, 9.17) is 4.74 Å². The van der Waals surface area contributed by atoms with E-state index in [1.54, 1.807) is 38.1 Å². The Balaban J connectivity index is 1.22. The van der Waals surface area contributed by atoms with Crippen molar-refractivity contribution in [3.8, 4) is 11.8 Å². The van der Waals surface area contributed by atoms with Gasteiger partial charge in [0, 0.05) is 63.3 Å². The lowest BCUT2D eigenvalue weighted by Crippen LogP contribution is -2.56. The average Bonchev–Trinajstić information content (AvgIpc) is 2.87. The third-order valence-electron chi connectivity index (χ3n) is 5.83. The van der Waals surface area contributed by atoms with Crippen LogP contribution in [0.1, 0.15) is 11.1 Å². The Morgan fingerprint density at radius 3 is 2.29 bits per heavy atom. The Bertz CT molecular complexity index is 1140. The first-order valence-corrected chi connectivity index (χ1v) is 11.2. The van der Waals surface area contributed by atoms with E-state index in [1.807, 2.05) is 23.1 Å². The summed E-state index contributed by atoms with van der Waals surface area (Å²) < 4.78 is 18.4. The fraction of sp³-hybridized carbons (Fsp3) is 0.375. The molecule has 0 saturated carbocycles. The van der Waals surface area contributed by atoms with Crippen molar-refractivity contribution in [2.24, 2.45) is 0 Å². The zero-order valence-corrected chi connectivity index (χ0v) is 18.9. The summed E-state index contributed by atoms with van der Waals surface area (Å²) >= 11 is 0. The quantitative estimate of drug-likeness (QED) is 0.527. The van der Waals surface area contributed by atoms with Crippen LogP contribution in [0.25, 0.3) is 0 Å². The van der Waals surface area contributed by atoms with Gasteiger partial charge in [-0.25, -0.2) is 29.3 Å². The van der Waals surface area contributed by atoms with Gasteiger partial charge in [0.05, 0.1) is 31.3 Å². The first kappa shape index (κ1) is 22.0. The Kier molecular flexibility index (Phi) is 6.44. The first-order chi connectivity index (χ1) is 16.7. The van der Waals surface area contributed by atoms with Crippen molar-refractivity contribution in [2.45, 2.75) is 12.2 Å². The molecule has 5 rings (SSSR count). The van der Waals surface area contributed by atoms with Gasteiger partial charge in [-0.2, -0.15) is 0 Å². The second-order valence-electron chi connectivity index (χ2n) is 8.23. The van der Waals surface area contributed by atoms with Crippen molar-refractivity contribution < 1.29 is 9.13 Å². The van der Waals surface area contributed by atoms with E-state index in [9.17, 15) is 4.39 Å². The number of hydrogen-bond donors (Lipinski definition) is 0. The van der Waals surface area contributed by atoms with Crippen molar-refractivity contribution in [1.29, 1.82) is 0 Å². The SMILES string of the molecule is COCC1CN(c2ncc(C#Cc3ccc(N4CC(F)C4)nc3)cn2)CCN1c1ncccn1. The van der Waals surface area contributed by atoms with Crippen molar-refractivity contribution in [3.05, 3.63) is 60.3 Å². The molecule has 2 fully saturated rings. The van der Waals surface area contributed by atoms with Gasteiger partial charge in [-0.1, -0.05) is 11.8 Å². The Labute approximate surface area is 197 Å². The predicted octanol–water partition coefficient (Wildman–Crippen LogP) is 1.56. The van der Waals surface area contributed by atoms with Gasteiger partial charge in [-0.15, -0.1) is 0 Å². The van der Waals surface area contributed by atoms with Crippen molar-refractivity contribution in [1.82, 2.24) is 24.9 Å². The Hall–Kier alpha value is -3.84. The highest BCUT2D eigenvalue weighted by molar-refractivity contribution is 5.48. The van der Waals surface area contributed by atoms with Crippen LogP contribution in [0.4, 0.5) is 22.1 Å². The number of hydrogen-bond acceptors (Lipinski definition) is 9. The minimum absolute atomic E-state index is 0.0896. The normalized spacial score (nSPS) is 18.3. The molecular weight excluding hydrogens is 435 g/mol. The predicted molar refractivity (Wildman–Crippen MR) is 127 cm³/mol. The molecule has 5 heterocycles. The lowest BCUT2D eigenvalue weighted by atomic mass is 10.2. The minimum Gasteiger partial charge on any atom is -0.382 e. The number of aromatic nitrogens is 5. The summed E-state index contributed by atoms with van der Waals surface area (Å²) in [5, 5.41) is 0. The lowest BCUT2D eigenvalue weighted by molar-refractivity contribution is 0.173. The number of methoxy groups -OCH3 is 1. The second-order valence-corrected chi connectivity index (χ2v) is 8.23. The maximum absolute atomic E-state index is 13.0. The van der Waals surface area contributed by atoms with Gasteiger partial charge in [0.25, 0.3) is 0 Å². The Morgan fingerprint density at radius 1 is 0.882 bits per heavy atom. The molecule has 3 aromatic rings. The zero-order valence-electron chi connectivity index (χ0n) is 18.9. The fourth-order valence-corrected chi connectivity index (χ4v) is 4.03. The number of anilines is 3. The minimum atomic E-state index is -0.753. The van der Waals surface area contributed by atoms with Crippen LogP contribution in [0.5, 0.6) is 0 Å². The van der Waals surface area contributed by atoms with Crippen LogP contribution in [0.3, 0.4) is 0 Å². The molecule has 9 nitrogen and oxygen atoms in total. The van der Waals surface area contributed by atoms with E-state index >= 15 is 0 Å². The second kappa shape index (κ2) is 9.97. The number of nitrogens with zero attached hydrogens (tertiary/aromatic N) is 8. The van der Waals surface area contributed by atoms with Gasteiger partial charge in [-0.3, -0.25) is 0 Å². The zero-order chi connectivity index (χ0) is 23.3. The van der Waals surface area contributed by atoms with Gasteiger partial charge in [0.2, 0.25) is 11.9 Å². The van der Waals surface area contributed by atoms with Crippen molar-refractivity contribution in [3.63, 3.8) is 0 Å². The van der Waals surface area contributed by atoms with Gasteiger partial charge in [0.1, 0.15) is 12.0 Å². The summed E-state index contributed by atoms with van der Waals surface area (Å²) in [5.74, 6) is 8.30. The average molecular weight is 461 g/mol. The summed E-state index contributed by atoms with van der Waals surface area (Å²) in [7, 11) is 1.69. The lowest BCUT2D eigenvalue weighted by Gasteiger charge is -2.41. The number of rotatable bonds is 5. The van der Waals surface area contributed by atoms with E-state index in [0.29, 0.717) is 38.1 Å². The molecule has 0 radical (unpaired) electrons. The van der Waals surface area contributed by atoms with Gasteiger partial charge in [-0.05, 0) is 18.2 Å². The molecule has 0 amide bonds. The van der Waals surface area contributed by atoms with E-state index in [0.717, 1.165) is 30.0 Å². The van der Waals surface area contributed by atoms with Gasteiger partial charge in [0.15, 0.2) is 0 Å². The summed E-state index contributed by atoms with van der Waals surface area (Å²) in [5.41, 5.74) is 1.51. The number of pyridine rings is 1. The maximum Gasteiger partial charge on any atom is 0.225 e. The Morgan fingerprint density at radius 2 is 1.62 bits per heavy atom. The molecule has 0 aromatic carbocycles. The molecule has 0 aliphatic carbocycles. The standard InChI is InChI=1S/C24H25FN8O/c1-34-17-21-16-31(9-10-33(21)24-26-7-2-8-27-24)23-29-12-19(13-30-23)4-3-18-5-6-22(28-11-18)32-14-20(25)15-32/h2,5-8,11-13,20-21H,9-10,14-17H2,1H3. The molecule has 1 unspecified atom stereocenters. The molecule has 2 saturated heterocycles. The highest BCUT2D eigenvalue weighted by Gasteiger charge is 2.30. The third-order valence-corrected chi connectivity index (χ3v) is 5.83. The summed E-state index contributed by atoms with van der Waals surface area (Å²) in [6.07, 6.45) is 7.91. The molecule has 0 bridgehead atoms. The van der Waals surface area contributed by atoms with E-state index in [-0.39, 0.29) is 6.04 Å². The third kappa shape index (κ3) is 4.89. The van der Waals surface area contributed by atoms with Crippen LogP contribution in [0.15, 0.2) is 49.2 Å². The summed E-state index contributed by atoms with van der Waals surface area (Å²) in [4.78, 5) is 28.4. The van der Waals surface area contributed by atoms with Gasteiger partial charge >= 0.3 is 0 Å². The molecule has 3 aromatic heterocycles. The molecule has 2 aliphatic heterocycles. The molecule has 34 heavy (non-hydrogen) atoms. The smallest absolute Gasteiger partial charge is 0.225 e. The number of ether oxygens (including phenoxy) is 1.